The van der Waals surface area contributed by atoms with Crippen molar-refractivity contribution < 1.29 is 9.53 Å². The zero-order valence-corrected chi connectivity index (χ0v) is 16.7. The van der Waals surface area contributed by atoms with Gasteiger partial charge in [-0.15, -0.1) is 0 Å². The molecule has 0 saturated heterocycles. The van der Waals surface area contributed by atoms with E-state index in [9.17, 15) is 4.79 Å². The second-order valence-electron chi connectivity index (χ2n) is 7.10. The van der Waals surface area contributed by atoms with Crippen LogP contribution >= 0.6 is 0 Å². The lowest BCUT2D eigenvalue weighted by Crippen LogP contribution is -2.40. The molecule has 0 bridgehead atoms. The maximum absolute atomic E-state index is 13.1. The van der Waals surface area contributed by atoms with Gasteiger partial charge in [-0.25, -0.2) is 0 Å². The molecule has 0 radical (unpaired) electrons. The molecule has 1 N–H and O–H groups in total. The molecule has 0 saturated carbocycles. The molecule has 3 rings (SSSR count). The van der Waals surface area contributed by atoms with Gasteiger partial charge in [-0.1, -0.05) is 73.7 Å². The van der Waals surface area contributed by atoms with E-state index in [-0.39, 0.29) is 11.9 Å². The third-order valence-corrected chi connectivity index (χ3v) is 4.69. The molecule has 28 heavy (non-hydrogen) atoms. The van der Waals surface area contributed by atoms with Crippen LogP contribution in [0, 0.1) is 13.8 Å². The van der Waals surface area contributed by atoms with Gasteiger partial charge in [0.15, 0.2) is 6.10 Å². The summed E-state index contributed by atoms with van der Waals surface area (Å²) in [7, 11) is 0. The number of hydrogen-bond acceptors (Lipinski definition) is 2. The van der Waals surface area contributed by atoms with E-state index in [0.29, 0.717) is 6.42 Å². The largest absolute Gasteiger partial charge is 0.481 e. The van der Waals surface area contributed by atoms with Gasteiger partial charge in [0.05, 0.1) is 6.04 Å². The van der Waals surface area contributed by atoms with Gasteiger partial charge in [0.1, 0.15) is 5.75 Å². The Labute approximate surface area is 167 Å². The SMILES string of the molecule is CC[C@H](Oc1cc(C)cc(C)c1)C(=O)NC(c1ccccc1)c1ccccc1. The molecule has 1 atom stereocenters. The second kappa shape index (κ2) is 9.23. The van der Waals surface area contributed by atoms with E-state index in [4.69, 9.17) is 4.74 Å². The Bertz CT molecular complexity index is 847. The molecule has 1 amide bonds. The van der Waals surface area contributed by atoms with Crippen molar-refractivity contribution >= 4 is 5.91 Å². The quantitative estimate of drug-likeness (QED) is 0.605. The number of ether oxygens (including phenoxy) is 1. The summed E-state index contributed by atoms with van der Waals surface area (Å²) in [6, 6.07) is 25.8. The van der Waals surface area contributed by atoms with Crippen molar-refractivity contribution in [3.8, 4) is 5.75 Å². The molecular formula is C25H27NO2. The fraction of sp³-hybridized carbons (Fsp3) is 0.240. The molecule has 0 aromatic heterocycles. The summed E-state index contributed by atoms with van der Waals surface area (Å²) < 4.78 is 6.05. The highest BCUT2D eigenvalue weighted by Gasteiger charge is 2.23. The van der Waals surface area contributed by atoms with Crippen molar-refractivity contribution in [3.05, 3.63) is 101 Å². The van der Waals surface area contributed by atoms with Gasteiger partial charge in [-0.05, 0) is 54.7 Å². The Morgan fingerprint density at radius 2 is 1.36 bits per heavy atom. The lowest BCUT2D eigenvalue weighted by molar-refractivity contribution is -0.128. The van der Waals surface area contributed by atoms with Gasteiger partial charge in [0.25, 0.3) is 5.91 Å². The summed E-state index contributed by atoms with van der Waals surface area (Å²) in [6.45, 7) is 6.02. The average molecular weight is 373 g/mol. The zero-order chi connectivity index (χ0) is 19.9. The minimum atomic E-state index is -0.545. The Hall–Kier alpha value is -3.07. The number of aryl methyl sites for hydroxylation is 2. The standard InChI is InChI=1S/C25H27NO2/c1-4-23(28-22-16-18(2)15-19(3)17-22)25(27)26-24(20-11-7-5-8-12-20)21-13-9-6-10-14-21/h5-17,23-24H,4H2,1-3H3,(H,26,27)/t23-/m0/s1. The molecule has 0 fully saturated rings. The molecule has 0 aliphatic carbocycles. The first-order valence-electron chi connectivity index (χ1n) is 9.72. The Balaban J connectivity index is 1.82. The maximum Gasteiger partial charge on any atom is 0.261 e. The number of nitrogens with one attached hydrogen (secondary N) is 1. The van der Waals surface area contributed by atoms with E-state index < -0.39 is 6.10 Å². The summed E-state index contributed by atoms with van der Waals surface area (Å²) in [6.07, 6.45) is 0.0471. The third kappa shape index (κ3) is 5.01. The lowest BCUT2D eigenvalue weighted by Gasteiger charge is -2.24. The van der Waals surface area contributed by atoms with Crippen molar-refractivity contribution in [3.63, 3.8) is 0 Å². The summed E-state index contributed by atoms with van der Waals surface area (Å²) in [5, 5.41) is 3.19. The van der Waals surface area contributed by atoms with E-state index in [2.05, 4.69) is 11.4 Å². The molecule has 0 aliphatic heterocycles. The van der Waals surface area contributed by atoms with Crippen LogP contribution in [0.3, 0.4) is 0 Å². The van der Waals surface area contributed by atoms with Gasteiger partial charge in [0, 0.05) is 0 Å². The van der Waals surface area contributed by atoms with Gasteiger partial charge >= 0.3 is 0 Å². The van der Waals surface area contributed by atoms with Crippen LogP contribution in [-0.4, -0.2) is 12.0 Å². The molecule has 144 valence electrons. The van der Waals surface area contributed by atoms with Crippen molar-refractivity contribution in [1.82, 2.24) is 5.32 Å². The molecule has 3 aromatic rings. The topological polar surface area (TPSA) is 38.3 Å². The maximum atomic E-state index is 13.1. The first-order chi connectivity index (χ1) is 13.6. The minimum Gasteiger partial charge on any atom is -0.481 e. The highest BCUT2D eigenvalue weighted by Crippen LogP contribution is 2.23. The summed E-state index contributed by atoms with van der Waals surface area (Å²) >= 11 is 0. The van der Waals surface area contributed by atoms with Crippen molar-refractivity contribution in [2.45, 2.75) is 39.3 Å². The Morgan fingerprint density at radius 3 is 1.82 bits per heavy atom. The van der Waals surface area contributed by atoms with Gasteiger partial charge in [-0.3, -0.25) is 4.79 Å². The van der Waals surface area contributed by atoms with Crippen LogP contribution in [0.2, 0.25) is 0 Å². The molecule has 0 spiro atoms. The van der Waals surface area contributed by atoms with Crippen molar-refractivity contribution in [1.29, 1.82) is 0 Å². The van der Waals surface area contributed by atoms with Gasteiger partial charge < -0.3 is 10.1 Å². The second-order valence-corrected chi connectivity index (χ2v) is 7.10. The highest BCUT2D eigenvalue weighted by atomic mass is 16.5. The summed E-state index contributed by atoms with van der Waals surface area (Å²) in [4.78, 5) is 13.1. The molecule has 0 unspecified atom stereocenters. The third-order valence-electron chi connectivity index (χ3n) is 4.69. The van der Waals surface area contributed by atoms with E-state index in [0.717, 1.165) is 28.0 Å². The van der Waals surface area contributed by atoms with Crippen LogP contribution in [0.15, 0.2) is 78.9 Å². The summed E-state index contributed by atoms with van der Waals surface area (Å²) in [5.74, 6) is 0.620. The van der Waals surface area contributed by atoms with E-state index in [1.807, 2.05) is 93.6 Å². The highest BCUT2D eigenvalue weighted by molar-refractivity contribution is 5.82. The number of carbonyl (C=O) groups is 1. The smallest absolute Gasteiger partial charge is 0.261 e. The van der Waals surface area contributed by atoms with Gasteiger partial charge in [0.2, 0.25) is 0 Å². The molecule has 3 nitrogen and oxygen atoms in total. The van der Waals surface area contributed by atoms with E-state index in [1.165, 1.54) is 0 Å². The van der Waals surface area contributed by atoms with E-state index in [1.54, 1.807) is 0 Å². The van der Waals surface area contributed by atoms with Crippen LogP contribution in [-0.2, 0) is 4.79 Å². The molecule has 3 heteroatoms. The average Bonchev–Trinajstić information content (AvgIpc) is 2.70. The molecule has 0 aliphatic rings. The zero-order valence-electron chi connectivity index (χ0n) is 16.7. The van der Waals surface area contributed by atoms with Crippen LogP contribution in [0.25, 0.3) is 0 Å². The normalized spacial score (nSPS) is 11.9. The van der Waals surface area contributed by atoms with Crippen molar-refractivity contribution in [2.75, 3.05) is 0 Å². The number of hydrogen-bond donors (Lipinski definition) is 1. The molecule has 3 aromatic carbocycles. The predicted octanol–water partition coefficient (Wildman–Crippen LogP) is 5.37. The molecule has 0 heterocycles. The number of rotatable bonds is 7. The monoisotopic (exact) mass is 373 g/mol. The predicted molar refractivity (Wildman–Crippen MR) is 113 cm³/mol. The minimum absolute atomic E-state index is 0.112. The Kier molecular flexibility index (Phi) is 6.49. The Morgan fingerprint density at radius 1 is 0.857 bits per heavy atom. The number of benzene rings is 3. The fourth-order valence-corrected chi connectivity index (χ4v) is 3.37. The van der Waals surface area contributed by atoms with Crippen LogP contribution in [0.4, 0.5) is 0 Å². The summed E-state index contributed by atoms with van der Waals surface area (Å²) in [5.41, 5.74) is 4.33. The molecular weight excluding hydrogens is 346 g/mol. The van der Waals surface area contributed by atoms with Crippen LogP contribution < -0.4 is 10.1 Å². The van der Waals surface area contributed by atoms with Crippen molar-refractivity contribution in [2.24, 2.45) is 0 Å². The first-order valence-corrected chi connectivity index (χ1v) is 9.72. The van der Waals surface area contributed by atoms with E-state index >= 15 is 0 Å². The van der Waals surface area contributed by atoms with Crippen LogP contribution in [0.1, 0.15) is 41.6 Å². The van der Waals surface area contributed by atoms with Crippen LogP contribution in [0.5, 0.6) is 5.75 Å². The number of amides is 1. The number of carbonyl (C=O) groups excluding carboxylic acids is 1. The van der Waals surface area contributed by atoms with Gasteiger partial charge in [-0.2, -0.15) is 0 Å². The first kappa shape index (κ1) is 19.7. The fourth-order valence-electron chi connectivity index (χ4n) is 3.37. The lowest BCUT2D eigenvalue weighted by atomic mass is 9.98.